The van der Waals surface area contributed by atoms with E-state index < -0.39 is 0 Å². The number of aryl methyl sites for hydroxylation is 1. The molecule has 1 aromatic carbocycles. The van der Waals surface area contributed by atoms with E-state index in [0.717, 1.165) is 27.8 Å². The highest BCUT2D eigenvalue weighted by atomic mass is 16.2. The van der Waals surface area contributed by atoms with Crippen LogP contribution in [-0.2, 0) is 17.8 Å². The van der Waals surface area contributed by atoms with E-state index in [1.807, 2.05) is 66.2 Å². The molecule has 27 heavy (non-hydrogen) atoms. The van der Waals surface area contributed by atoms with Crippen molar-refractivity contribution in [2.24, 2.45) is 0 Å². The number of carbonyl (C=O) groups is 1. The van der Waals surface area contributed by atoms with Gasteiger partial charge in [-0.3, -0.25) is 14.2 Å². The van der Waals surface area contributed by atoms with Crippen LogP contribution in [0.5, 0.6) is 0 Å². The van der Waals surface area contributed by atoms with Crippen LogP contribution in [0.2, 0.25) is 0 Å². The predicted octanol–water partition coefficient (Wildman–Crippen LogP) is 2.32. The first kappa shape index (κ1) is 17.0. The second kappa shape index (κ2) is 7.07. The lowest BCUT2D eigenvalue weighted by atomic mass is 10.1. The largest absolute Gasteiger partial charge is 0.354 e. The summed E-state index contributed by atoms with van der Waals surface area (Å²) in [6.45, 7) is 2.38. The van der Waals surface area contributed by atoms with Gasteiger partial charge in [0.1, 0.15) is 12.2 Å². The Morgan fingerprint density at radius 2 is 1.96 bits per heavy atom. The lowest BCUT2D eigenvalue weighted by Gasteiger charge is -2.12. The SMILES string of the molecule is Cc1cc(=O)n(CC(=O)NCCc2cn3ccccc3n2)c2ccccc12. The van der Waals surface area contributed by atoms with Crippen molar-refractivity contribution in [2.45, 2.75) is 19.9 Å². The third kappa shape index (κ3) is 3.46. The molecule has 6 heteroatoms. The van der Waals surface area contributed by atoms with Crippen molar-refractivity contribution in [3.8, 4) is 0 Å². The van der Waals surface area contributed by atoms with Gasteiger partial charge in [0.2, 0.25) is 5.91 Å². The molecule has 4 aromatic rings. The molecule has 0 atom stereocenters. The zero-order chi connectivity index (χ0) is 18.8. The standard InChI is InChI=1S/C21H20N4O2/c1-15-12-21(27)25(18-7-3-2-6-17(15)18)14-20(26)22-10-9-16-13-24-11-5-4-8-19(24)23-16/h2-8,11-13H,9-10,14H2,1H3,(H,22,26). The van der Waals surface area contributed by atoms with Crippen molar-refractivity contribution in [1.29, 1.82) is 0 Å². The Labute approximate surface area is 156 Å². The first-order valence-electron chi connectivity index (χ1n) is 8.90. The zero-order valence-electron chi connectivity index (χ0n) is 15.1. The molecule has 0 aliphatic rings. The summed E-state index contributed by atoms with van der Waals surface area (Å²) in [7, 11) is 0. The monoisotopic (exact) mass is 360 g/mol. The van der Waals surface area contributed by atoms with Crippen LogP contribution in [0.15, 0.2) is 65.7 Å². The molecule has 0 unspecified atom stereocenters. The molecule has 6 nitrogen and oxygen atoms in total. The van der Waals surface area contributed by atoms with Crippen molar-refractivity contribution in [3.63, 3.8) is 0 Å². The van der Waals surface area contributed by atoms with E-state index in [2.05, 4.69) is 10.3 Å². The van der Waals surface area contributed by atoms with Gasteiger partial charge in [0.05, 0.1) is 11.2 Å². The first-order valence-corrected chi connectivity index (χ1v) is 8.90. The number of nitrogens with zero attached hydrogens (tertiary/aromatic N) is 3. The molecule has 0 fully saturated rings. The molecule has 4 rings (SSSR count). The summed E-state index contributed by atoms with van der Waals surface area (Å²) in [4.78, 5) is 29.2. The number of imidazole rings is 1. The van der Waals surface area contributed by atoms with E-state index in [9.17, 15) is 9.59 Å². The van der Waals surface area contributed by atoms with Crippen molar-refractivity contribution in [3.05, 3.63) is 82.5 Å². The van der Waals surface area contributed by atoms with E-state index in [1.165, 1.54) is 4.57 Å². The van der Waals surface area contributed by atoms with Crippen LogP contribution in [-0.4, -0.2) is 26.4 Å². The highest BCUT2D eigenvalue weighted by Crippen LogP contribution is 2.15. The number of fused-ring (bicyclic) bond motifs is 2. The first-order chi connectivity index (χ1) is 13.1. The van der Waals surface area contributed by atoms with Crippen LogP contribution in [0.4, 0.5) is 0 Å². The van der Waals surface area contributed by atoms with E-state index in [1.54, 1.807) is 6.07 Å². The molecule has 0 aliphatic heterocycles. The normalized spacial score (nSPS) is 11.1. The van der Waals surface area contributed by atoms with Gasteiger partial charge in [0.25, 0.3) is 5.56 Å². The van der Waals surface area contributed by atoms with Gasteiger partial charge in [0.15, 0.2) is 0 Å². The molecule has 136 valence electrons. The van der Waals surface area contributed by atoms with Gasteiger partial charge in [0, 0.05) is 36.8 Å². The van der Waals surface area contributed by atoms with Crippen LogP contribution in [0, 0.1) is 6.92 Å². The Morgan fingerprint density at radius 1 is 1.15 bits per heavy atom. The second-order valence-electron chi connectivity index (χ2n) is 6.57. The summed E-state index contributed by atoms with van der Waals surface area (Å²) in [6.07, 6.45) is 4.54. The molecule has 0 saturated heterocycles. The number of nitrogens with one attached hydrogen (secondary N) is 1. The van der Waals surface area contributed by atoms with E-state index in [0.29, 0.717) is 13.0 Å². The fourth-order valence-corrected chi connectivity index (χ4v) is 3.30. The minimum absolute atomic E-state index is 0.00475. The molecule has 3 heterocycles. The molecule has 0 bridgehead atoms. The van der Waals surface area contributed by atoms with E-state index in [-0.39, 0.29) is 18.0 Å². The highest BCUT2D eigenvalue weighted by molar-refractivity contribution is 5.84. The average molecular weight is 360 g/mol. The number of hydrogen-bond acceptors (Lipinski definition) is 3. The quantitative estimate of drug-likeness (QED) is 0.594. The Hall–Kier alpha value is -3.41. The number of aromatic nitrogens is 3. The highest BCUT2D eigenvalue weighted by Gasteiger charge is 2.10. The van der Waals surface area contributed by atoms with Crippen LogP contribution in [0.25, 0.3) is 16.6 Å². The maximum absolute atomic E-state index is 12.4. The minimum atomic E-state index is -0.185. The van der Waals surface area contributed by atoms with Crippen molar-refractivity contribution in [2.75, 3.05) is 6.54 Å². The smallest absolute Gasteiger partial charge is 0.251 e. The Balaban J connectivity index is 1.44. The molecular formula is C21H20N4O2. The molecule has 1 N–H and O–H groups in total. The van der Waals surface area contributed by atoms with Crippen molar-refractivity contribution in [1.82, 2.24) is 19.3 Å². The van der Waals surface area contributed by atoms with Crippen molar-refractivity contribution < 1.29 is 4.79 Å². The predicted molar refractivity (Wildman–Crippen MR) is 105 cm³/mol. The second-order valence-corrected chi connectivity index (χ2v) is 6.57. The molecule has 3 aromatic heterocycles. The molecule has 1 amide bonds. The number of benzene rings is 1. The molecular weight excluding hydrogens is 340 g/mol. The fourth-order valence-electron chi connectivity index (χ4n) is 3.30. The molecule has 0 radical (unpaired) electrons. The van der Waals surface area contributed by atoms with E-state index >= 15 is 0 Å². The molecule has 0 saturated carbocycles. The summed E-state index contributed by atoms with van der Waals surface area (Å²) in [5.74, 6) is -0.185. The maximum atomic E-state index is 12.4. The zero-order valence-corrected chi connectivity index (χ0v) is 15.1. The number of amides is 1. The topological polar surface area (TPSA) is 68.4 Å². The lowest BCUT2D eigenvalue weighted by molar-refractivity contribution is -0.121. The summed E-state index contributed by atoms with van der Waals surface area (Å²) in [6, 6.07) is 15.0. The van der Waals surface area contributed by atoms with Crippen molar-refractivity contribution >= 4 is 22.5 Å². The fraction of sp³-hybridized carbons (Fsp3) is 0.190. The van der Waals surface area contributed by atoms with Gasteiger partial charge in [-0.15, -0.1) is 0 Å². The van der Waals surface area contributed by atoms with Crippen LogP contribution >= 0.6 is 0 Å². The summed E-state index contributed by atoms with van der Waals surface area (Å²) in [5.41, 5.74) is 3.33. The van der Waals surface area contributed by atoms with Gasteiger partial charge in [-0.05, 0) is 30.7 Å². The summed E-state index contributed by atoms with van der Waals surface area (Å²) in [5, 5.41) is 3.86. The maximum Gasteiger partial charge on any atom is 0.251 e. The van der Waals surface area contributed by atoms with Crippen LogP contribution in [0.3, 0.4) is 0 Å². The lowest BCUT2D eigenvalue weighted by Crippen LogP contribution is -2.33. The Morgan fingerprint density at radius 3 is 2.81 bits per heavy atom. The van der Waals surface area contributed by atoms with Gasteiger partial charge < -0.3 is 9.72 Å². The number of pyridine rings is 2. The Bertz CT molecular complexity index is 1160. The van der Waals surface area contributed by atoms with E-state index in [4.69, 9.17) is 0 Å². The average Bonchev–Trinajstić information content (AvgIpc) is 3.08. The Kier molecular flexibility index (Phi) is 4.46. The summed E-state index contributed by atoms with van der Waals surface area (Å²) >= 11 is 0. The number of rotatable bonds is 5. The van der Waals surface area contributed by atoms with Gasteiger partial charge in [-0.2, -0.15) is 0 Å². The minimum Gasteiger partial charge on any atom is -0.354 e. The van der Waals surface area contributed by atoms with Crippen LogP contribution < -0.4 is 10.9 Å². The summed E-state index contributed by atoms with van der Waals surface area (Å²) < 4.78 is 3.47. The number of hydrogen-bond donors (Lipinski definition) is 1. The number of para-hydroxylation sites is 1. The third-order valence-electron chi connectivity index (χ3n) is 4.64. The van der Waals surface area contributed by atoms with Crippen LogP contribution in [0.1, 0.15) is 11.3 Å². The third-order valence-corrected chi connectivity index (χ3v) is 4.64. The van der Waals surface area contributed by atoms with Gasteiger partial charge in [-0.25, -0.2) is 4.98 Å². The molecule has 0 aliphatic carbocycles. The molecule has 0 spiro atoms. The number of carbonyl (C=O) groups excluding carboxylic acids is 1. The van der Waals surface area contributed by atoms with Gasteiger partial charge in [-0.1, -0.05) is 24.3 Å². The van der Waals surface area contributed by atoms with Gasteiger partial charge >= 0.3 is 0 Å².